The van der Waals surface area contributed by atoms with Gasteiger partial charge in [0.1, 0.15) is 0 Å². The van der Waals surface area contributed by atoms with E-state index >= 15 is 0 Å². The van der Waals surface area contributed by atoms with Crippen molar-refractivity contribution < 1.29 is 4.79 Å². The summed E-state index contributed by atoms with van der Waals surface area (Å²) in [4.78, 5) is 14.1. The number of halogens is 1. The predicted molar refractivity (Wildman–Crippen MR) is 90.3 cm³/mol. The van der Waals surface area contributed by atoms with Crippen LogP contribution in [-0.2, 0) is 11.3 Å². The van der Waals surface area contributed by atoms with Crippen molar-refractivity contribution in [3.8, 4) is 0 Å². The van der Waals surface area contributed by atoms with Crippen molar-refractivity contribution in [3.05, 3.63) is 64.1 Å². The molecule has 0 bridgehead atoms. The molecule has 0 saturated carbocycles. The van der Waals surface area contributed by atoms with Gasteiger partial charge in [0.2, 0.25) is 5.91 Å². The third-order valence-corrected chi connectivity index (χ3v) is 3.95. The molecule has 3 nitrogen and oxygen atoms in total. The fourth-order valence-electron chi connectivity index (χ4n) is 2.13. The molecule has 1 N–H and O–H groups in total. The van der Waals surface area contributed by atoms with Gasteiger partial charge in [0.15, 0.2) is 0 Å². The molecule has 0 aliphatic heterocycles. The van der Waals surface area contributed by atoms with E-state index in [2.05, 4.69) is 40.3 Å². The number of likely N-dealkylation sites (N-methyl/N-ethyl adjacent to an activating group) is 1. The molecular formula is C17H19BrN2O. The zero-order valence-electron chi connectivity index (χ0n) is 12.3. The number of carbonyl (C=O) groups is 1. The summed E-state index contributed by atoms with van der Waals surface area (Å²) in [6.45, 7) is 3.20. The van der Waals surface area contributed by atoms with Crippen LogP contribution < -0.4 is 5.32 Å². The Labute approximate surface area is 134 Å². The molecule has 2 aromatic rings. The summed E-state index contributed by atoms with van der Waals surface area (Å²) in [6, 6.07) is 15.8. The van der Waals surface area contributed by atoms with E-state index in [1.54, 1.807) is 0 Å². The Morgan fingerprint density at radius 1 is 1.14 bits per heavy atom. The van der Waals surface area contributed by atoms with Crippen LogP contribution in [0.15, 0.2) is 53.0 Å². The minimum Gasteiger partial charge on any atom is -0.324 e. The van der Waals surface area contributed by atoms with Crippen molar-refractivity contribution in [2.24, 2.45) is 0 Å². The van der Waals surface area contributed by atoms with Crippen molar-refractivity contribution in [2.75, 3.05) is 18.9 Å². The van der Waals surface area contributed by atoms with Crippen molar-refractivity contribution in [1.82, 2.24) is 4.90 Å². The summed E-state index contributed by atoms with van der Waals surface area (Å²) in [7, 11) is 1.95. The average Bonchev–Trinajstić information content (AvgIpc) is 2.44. The van der Waals surface area contributed by atoms with Gasteiger partial charge in [-0.3, -0.25) is 9.69 Å². The summed E-state index contributed by atoms with van der Waals surface area (Å²) in [5.41, 5.74) is 3.29. The molecule has 0 aromatic heterocycles. The molecule has 0 saturated heterocycles. The lowest BCUT2D eigenvalue weighted by Crippen LogP contribution is -2.30. The summed E-state index contributed by atoms with van der Waals surface area (Å²) in [5.74, 6) is -0.0158. The number of carbonyl (C=O) groups excluding carboxylic acids is 1. The first-order chi connectivity index (χ1) is 10.1. The molecule has 0 radical (unpaired) electrons. The Hall–Kier alpha value is -1.65. The van der Waals surface area contributed by atoms with Gasteiger partial charge < -0.3 is 5.32 Å². The Bertz CT molecular complexity index is 628. The Morgan fingerprint density at radius 2 is 1.81 bits per heavy atom. The Kier molecular flexibility index (Phi) is 5.53. The van der Waals surface area contributed by atoms with E-state index in [1.165, 1.54) is 11.1 Å². The number of anilines is 1. The molecule has 0 unspecified atom stereocenters. The highest BCUT2D eigenvalue weighted by Crippen LogP contribution is 2.21. The van der Waals surface area contributed by atoms with Crippen LogP contribution in [0, 0.1) is 6.92 Å². The molecule has 110 valence electrons. The molecule has 0 heterocycles. The van der Waals surface area contributed by atoms with Gasteiger partial charge in [-0.05, 0) is 53.2 Å². The van der Waals surface area contributed by atoms with Crippen LogP contribution in [0.5, 0.6) is 0 Å². The van der Waals surface area contributed by atoms with Gasteiger partial charge in [0.25, 0.3) is 0 Å². The lowest BCUT2D eigenvalue weighted by Gasteiger charge is -2.18. The summed E-state index contributed by atoms with van der Waals surface area (Å²) in [5, 5.41) is 2.91. The van der Waals surface area contributed by atoms with Crippen molar-refractivity contribution >= 4 is 27.5 Å². The Morgan fingerprint density at radius 3 is 2.52 bits per heavy atom. The van der Waals surface area contributed by atoms with Crippen LogP contribution in [0.4, 0.5) is 5.69 Å². The zero-order chi connectivity index (χ0) is 15.2. The standard InChI is InChI=1S/C17H19BrN2O/c1-13-7-3-4-8-14(13)11-20(2)12-17(21)19-16-10-6-5-9-15(16)18/h3-10H,11-12H2,1-2H3,(H,19,21). The summed E-state index contributed by atoms with van der Waals surface area (Å²) >= 11 is 3.43. The molecule has 0 aliphatic rings. The predicted octanol–water partition coefficient (Wildman–Crippen LogP) is 3.83. The smallest absolute Gasteiger partial charge is 0.238 e. The number of hydrogen-bond donors (Lipinski definition) is 1. The van der Waals surface area contributed by atoms with Gasteiger partial charge in [-0.25, -0.2) is 0 Å². The third-order valence-electron chi connectivity index (χ3n) is 3.26. The number of hydrogen-bond acceptors (Lipinski definition) is 2. The molecule has 0 aliphatic carbocycles. The van der Waals surface area contributed by atoms with Crippen LogP contribution >= 0.6 is 15.9 Å². The topological polar surface area (TPSA) is 32.3 Å². The molecule has 21 heavy (non-hydrogen) atoms. The van der Waals surface area contributed by atoms with Crippen molar-refractivity contribution in [2.45, 2.75) is 13.5 Å². The van der Waals surface area contributed by atoms with E-state index in [4.69, 9.17) is 0 Å². The van der Waals surface area contributed by atoms with E-state index in [0.717, 1.165) is 16.7 Å². The van der Waals surface area contributed by atoms with Crippen LogP contribution in [0.1, 0.15) is 11.1 Å². The molecule has 2 aromatic carbocycles. The molecule has 4 heteroatoms. The van der Waals surface area contributed by atoms with Crippen molar-refractivity contribution in [3.63, 3.8) is 0 Å². The van der Waals surface area contributed by atoms with E-state index in [1.807, 2.05) is 48.3 Å². The van der Waals surface area contributed by atoms with Crippen LogP contribution in [-0.4, -0.2) is 24.4 Å². The lowest BCUT2D eigenvalue weighted by molar-refractivity contribution is -0.117. The van der Waals surface area contributed by atoms with Gasteiger partial charge in [-0.1, -0.05) is 36.4 Å². The number of nitrogens with one attached hydrogen (secondary N) is 1. The molecular weight excluding hydrogens is 328 g/mol. The van der Waals surface area contributed by atoms with Gasteiger partial charge in [0, 0.05) is 11.0 Å². The second-order valence-electron chi connectivity index (χ2n) is 5.13. The van der Waals surface area contributed by atoms with Gasteiger partial charge in [-0.15, -0.1) is 0 Å². The maximum absolute atomic E-state index is 12.1. The van der Waals surface area contributed by atoms with E-state index in [0.29, 0.717) is 6.54 Å². The first kappa shape index (κ1) is 15.7. The number of nitrogens with zero attached hydrogens (tertiary/aromatic N) is 1. The lowest BCUT2D eigenvalue weighted by atomic mass is 10.1. The maximum Gasteiger partial charge on any atom is 0.238 e. The van der Waals surface area contributed by atoms with Gasteiger partial charge in [-0.2, -0.15) is 0 Å². The number of benzene rings is 2. The highest BCUT2D eigenvalue weighted by Gasteiger charge is 2.09. The minimum absolute atomic E-state index is 0.0158. The molecule has 1 amide bonds. The van der Waals surface area contributed by atoms with Crippen LogP contribution in [0.25, 0.3) is 0 Å². The highest BCUT2D eigenvalue weighted by atomic mass is 79.9. The van der Waals surface area contributed by atoms with Crippen molar-refractivity contribution in [1.29, 1.82) is 0 Å². The quantitative estimate of drug-likeness (QED) is 0.892. The fourth-order valence-corrected chi connectivity index (χ4v) is 2.52. The van der Waals surface area contributed by atoms with Gasteiger partial charge >= 0.3 is 0 Å². The normalized spacial score (nSPS) is 10.7. The summed E-state index contributed by atoms with van der Waals surface area (Å²) in [6.07, 6.45) is 0. The van der Waals surface area contributed by atoms with E-state index < -0.39 is 0 Å². The number of para-hydroxylation sites is 1. The third kappa shape index (κ3) is 4.69. The molecule has 2 rings (SSSR count). The maximum atomic E-state index is 12.1. The zero-order valence-corrected chi connectivity index (χ0v) is 13.9. The van der Waals surface area contributed by atoms with Crippen LogP contribution in [0.2, 0.25) is 0 Å². The highest BCUT2D eigenvalue weighted by molar-refractivity contribution is 9.10. The minimum atomic E-state index is -0.0158. The van der Waals surface area contributed by atoms with Gasteiger partial charge in [0.05, 0.1) is 12.2 Å². The average molecular weight is 347 g/mol. The summed E-state index contributed by atoms with van der Waals surface area (Å²) < 4.78 is 0.889. The molecule has 0 atom stereocenters. The molecule has 0 fully saturated rings. The second kappa shape index (κ2) is 7.38. The Balaban J connectivity index is 1.91. The molecule has 0 spiro atoms. The second-order valence-corrected chi connectivity index (χ2v) is 5.98. The largest absolute Gasteiger partial charge is 0.324 e. The SMILES string of the molecule is Cc1ccccc1CN(C)CC(=O)Nc1ccccc1Br. The monoisotopic (exact) mass is 346 g/mol. The first-order valence-corrected chi connectivity index (χ1v) is 7.63. The van der Waals surface area contributed by atoms with Crippen LogP contribution in [0.3, 0.4) is 0 Å². The first-order valence-electron chi connectivity index (χ1n) is 6.83. The number of aryl methyl sites for hydroxylation is 1. The van der Waals surface area contributed by atoms with E-state index in [9.17, 15) is 4.79 Å². The van der Waals surface area contributed by atoms with E-state index in [-0.39, 0.29) is 5.91 Å². The number of rotatable bonds is 5. The number of amides is 1. The fraction of sp³-hybridized carbons (Fsp3) is 0.235.